The van der Waals surface area contributed by atoms with Gasteiger partial charge in [0.15, 0.2) is 0 Å². The molecule has 1 heterocycles. The number of likely N-dealkylation sites (N-methyl/N-ethyl adjacent to an activating group) is 2. The predicted octanol–water partition coefficient (Wildman–Crippen LogP) is 1.09. The zero-order valence-corrected chi connectivity index (χ0v) is 12.6. The fourth-order valence-corrected chi connectivity index (χ4v) is 3.45. The van der Waals surface area contributed by atoms with Crippen molar-refractivity contribution in [3.05, 3.63) is 29.3 Å². The molecule has 0 radical (unpaired) electrons. The topological polar surface area (TPSA) is 44.5 Å². The number of nitrogens with zero attached hydrogens (tertiary/aromatic N) is 2. The quantitative estimate of drug-likeness (QED) is 0.810. The number of rotatable bonds is 3. The van der Waals surface area contributed by atoms with E-state index in [0.29, 0.717) is 12.1 Å². The molecule has 2 atom stereocenters. The molecule has 1 aromatic carbocycles. The minimum absolute atomic E-state index is 0.506. The van der Waals surface area contributed by atoms with Crippen molar-refractivity contribution in [1.29, 1.82) is 0 Å². The van der Waals surface area contributed by atoms with Gasteiger partial charge >= 0.3 is 0 Å². The molecule has 1 saturated heterocycles. The highest BCUT2D eigenvalue weighted by atomic mass is 15.3. The second-order valence-corrected chi connectivity index (χ2v) is 6.35. The molecule has 0 spiro atoms. The molecule has 1 aromatic rings. The number of nitrogens with two attached hydrogens (primary N) is 1. The van der Waals surface area contributed by atoms with Crippen LogP contribution in [0.1, 0.15) is 23.6 Å². The maximum absolute atomic E-state index is 5.87. The fraction of sp³-hybridized carbons (Fsp3) is 0.625. The molecule has 1 fully saturated rings. The summed E-state index contributed by atoms with van der Waals surface area (Å²) in [7, 11) is 4.45. The van der Waals surface area contributed by atoms with Gasteiger partial charge in [0.1, 0.15) is 0 Å². The fourth-order valence-electron chi connectivity index (χ4n) is 3.45. The Kier molecular flexibility index (Phi) is 3.96. The SMILES string of the molecule is CN1CCN(C)C(CNC2CCc3cc(N)ccc32)C1. The van der Waals surface area contributed by atoms with Gasteiger partial charge in [-0.3, -0.25) is 4.90 Å². The van der Waals surface area contributed by atoms with Crippen molar-refractivity contribution in [3.8, 4) is 0 Å². The molecule has 3 rings (SSSR count). The van der Waals surface area contributed by atoms with Gasteiger partial charge in [-0.2, -0.15) is 0 Å². The smallest absolute Gasteiger partial charge is 0.0345 e. The Hall–Kier alpha value is -1.10. The Labute approximate surface area is 121 Å². The standard InChI is InChI=1S/C16H26N4/c1-19-7-8-20(2)14(11-19)10-18-16-6-3-12-9-13(17)4-5-15(12)16/h4-5,9,14,16,18H,3,6-8,10-11,17H2,1-2H3. The van der Waals surface area contributed by atoms with E-state index in [1.807, 2.05) is 6.07 Å². The van der Waals surface area contributed by atoms with Crippen LogP contribution >= 0.6 is 0 Å². The van der Waals surface area contributed by atoms with E-state index in [4.69, 9.17) is 5.73 Å². The van der Waals surface area contributed by atoms with E-state index in [0.717, 1.165) is 25.2 Å². The Morgan fingerprint density at radius 1 is 1.30 bits per heavy atom. The lowest BCUT2D eigenvalue weighted by Crippen LogP contribution is -2.54. The van der Waals surface area contributed by atoms with Crippen LogP contribution in [0.5, 0.6) is 0 Å². The summed E-state index contributed by atoms with van der Waals surface area (Å²) in [6, 6.07) is 7.49. The highest BCUT2D eigenvalue weighted by Crippen LogP contribution is 2.32. The first-order chi connectivity index (χ1) is 9.63. The Morgan fingerprint density at radius 3 is 3.00 bits per heavy atom. The van der Waals surface area contributed by atoms with E-state index in [9.17, 15) is 0 Å². The third-order valence-electron chi connectivity index (χ3n) is 4.82. The summed E-state index contributed by atoms with van der Waals surface area (Å²) < 4.78 is 0. The third-order valence-corrected chi connectivity index (χ3v) is 4.82. The summed E-state index contributed by atoms with van der Waals surface area (Å²) >= 11 is 0. The average Bonchev–Trinajstić information content (AvgIpc) is 2.82. The van der Waals surface area contributed by atoms with Gasteiger partial charge in [-0.15, -0.1) is 0 Å². The van der Waals surface area contributed by atoms with Crippen LogP contribution in [0.25, 0.3) is 0 Å². The molecule has 1 aliphatic heterocycles. The Bertz CT molecular complexity index is 474. The average molecular weight is 274 g/mol. The second-order valence-electron chi connectivity index (χ2n) is 6.35. The normalized spacial score (nSPS) is 27.7. The number of nitrogen functional groups attached to an aromatic ring is 1. The lowest BCUT2D eigenvalue weighted by molar-refractivity contribution is 0.111. The van der Waals surface area contributed by atoms with Gasteiger partial charge in [-0.1, -0.05) is 6.07 Å². The molecule has 1 aliphatic carbocycles. The first-order valence-electron chi connectivity index (χ1n) is 7.64. The number of benzene rings is 1. The molecule has 20 heavy (non-hydrogen) atoms. The molecule has 0 aromatic heterocycles. The second kappa shape index (κ2) is 5.72. The number of nitrogens with one attached hydrogen (secondary N) is 1. The zero-order chi connectivity index (χ0) is 14.1. The molecule has 0 saturated carbocycles. The summed E-state index contributed by atoms with van der Waals surface area (Å²) in [5, 5.41) is 3.77. The number of piperazine rings is 1. The summed E-state index contributed by atoms with van der Waals surface area (Å²) in [6.07, 6.45) is 2.35. The van der Waals surface area contributed by atoms with Gasteiger partial charge in [0, 0.05) is 44.0 Å². The van der Waals surface area contributed by atoms with Crippen LogP contribution in [0.15, 0.2) is 18.2 Å². The largest absolute Gasteiger partial charge is 0.399 e. The molecular formula is C16H26N4. The van der Waals surface area contributed by atoms with Crippen molar-refractivity contribution < 1.29 is 0 Å². The highest BCUT2D eigenvalue weighted by Gasteiger charge is 2.26. The maximum atomic E-state index is 5.87. The van der Waals surface area contributed by atoms with E-state index < -0.39 is 0 Å². The lowest BCUT2D eigenvalue weighted by atomic mass is 10.1. The van der Waals surface area contributed by atoms with Gasteiger partial charge in [0.05, 0.1) is 0 Å². The summed E-state index contributed by atoms with van der Waals surface area (Å²) in [5.41, 5.74) is 9.63. The van der Waals surface area contributed by atoms with Crippen LogP contribution in [-0.2, 0) is 6.42 Å². The Balaban J connectivity index is 1.60. The van der Waals surface area contributed by atoms with Crippen LogP contribution in [0.2, 0.25) is 0 Å². The summed E-state index contributed by atoms with van der Waals surface area (Å²) in [4.78, 5) is 4.90. The first-order valence-corrected chi connectivity index (χ1v) is 7.64. The van der Waals surface area contributed by atoms with Crippen LogP contribution in [-0.4, -0.2) is 56.1 Å². The highest BCUT2D eigenvalue weighted by molar-refractivity contribution is 5.47. The first kappa shape index (κ1) is 13.9. The minimum Gasteiger partial charge on any atom is -0.399 e. The monoisotopic (exact) mass is 274 g/mol. The number of hydrogen-bond donors (Lipinski definition) is 2. The van der Waals surface area contributed by atoms with E-state index in [1.54, 1.807) is 0 Å². The summed E-state index contributed by atoms with van der Waals surface area (Å²) in [5.74, 6) is 0. The third kappa shape index (κ3) is 2.82. The van der Waals surface area contributed by atoms with Crippen LogP contribution in [0, 0.1) is 0 Å². The van der Waals surface area contributed by atoms with Gasteiger partial charge in [0.2, 0.25) is 0 Å². The van der Waals surface area contributed by atoms with Crippen LogP contribution in [0.4, 0.5) is 5.69 Å². The van der Waals surface area contributed by atoms with Gasteiger partial charge in [0.25, 0.3) is 0 Å². The molecular weight excluding hydrogens is 248 g/mol. The molecule has 4 heteroatoms. The van der Waals surface area contributed by atoms with Gasteiger partial charge in [-0.05, 0) is 50.2 Å². The van der Waals surface area contributed by atoms with Crippen molar-refractivity contribution in [1.82, 2.24) is 15.1 Å². The maximum Gasteiger partial charge on any atom is 0.0345 e. The number of aryl methyl sites for hydroxylation is 1. The van der Waals surface area contributed by atoms with Crippen LogP contribution < -0.4 is 11.1 Å². The summed E-state index contributed by atoms with van der Waals surface area (Å²) in [6.45, 7) is 4.57. The molecule has 2 unspecified atom stereocenters. The van der Waals surface area contributed by atoms with E-state index in [1.165, 1.54) is 30.6 Å². The molecule has 2 aliphatic rings. The van der Waals surface area contributed by atoms with Crippen molar-refractivity contribution >= 4 is 5.69 Å². The molecule has 0 bridgehead atoms. The predicted molar refractivity (Wildman–Crippen MR) is 83.8 cm³/mol. The van der Waals surface area contributed by atoms with Crippen molar-refractivity contribution in [2.75, 3.05) is 46.0 Å². The zero-order valence-electron chi connectivity index (χ0n) is 12.6. The number of fused-ring (bicyclic) bond motifs is 1. The number of hydrogen-bond acceptors (Lipinski definition) is 4. The van der Waals surface area contributed by atoms with Crippen molar-refractivity contribution in [2.24, 2.45) is 0 Å². The Morgan fingerprint density at radius 2 is 2.15 bits per heavy atom. The van der Waals surface area contributed by atoms with Gasteiger partial charge in [-0.25, -0.2) is 0 Å². The van der Waals surface area contributed by atoms with E-state index in [-0.39, 0.29) is 0 Å². The van der Waals surface area contributed by atoms with E-state index in [2.05, 4.69) is 41.3 Å². The molecule has 0 amide bonds. The lowest BCUT2D eigenvalue weighted by Gasteiger charge is -2.38. The van der Waals surface area contributed by atoms with Crippen LogP contribution in [0.3, 0.4) is 0 Å². The minimum atomic E-state index is 0.506. The molecule has 3 N–H and O–H groups in total. The molecule has 110 valence electrons. The van der Waals surface area contributed by atoms with E-state index >= 15 is 0 Å². The van der Waals surface area contributed by atoms with Crippen molar-refractivity contribution in [2.45, 2.75) is 24.9 Å². The number of anilines is 1. The van der Waals surface area contributed by atoms with Crippen molar-refractivity contribution in [3.63, 3.8) is 0 Å². The van der Waals surface area contributed by atoms with Gasteiger partial charge < -0.3 is 16.0 Å². The molecule has 4 nitrogen and oxygen atoms in total.